The number of hydrogen-bond donors (Lipinski definition) is 2. The Kier molecular flexibility index (Phi) is 5.07. The van der Waals surface area contributed by atoms with E-state index in [4.69, 9.17) is 0 Å². The molecule has 2 aromatic rings. The number of unbranched alkanes of at least 4 members (excludes halogenated alkanes) is 1. The lowest BCUT2D eigenvalue weighted by Crippen LogP contribution is -2.33. The fourth-order valence-corrected chi connectivity index (χ4v) is 3.28. The second-order valence-corrected chi connectivity index (χ2v) is 5.92. The highest BCUT2D eigenvalue weighted by atomic mass is 35.5. The number of carbonyl (C=O) groups excluding carboxylic acids is 1. The summed E-state index contributed by atoms with van der Waals surface area (Å²) in [5.74, 6) is 0.319. The van der Waals surface area contributed by atoms with Gasteiger partial charge in [0.15, 0.2) is 5.78 Å². The molecule has 0 radical (unpaired) electrons. The van der Waals surface area contributed by atoms with Crippen LogP contribution < -0.4 is 5.32 Å². The molecule has 114 valence electrons. The fourth-order valence-electron chi connectivity index (χ4n) is 3.28. The van der Waals surface area contributed by atoms with Gasteiger partial charge in [-0.15, -0.1) is 12.4 Å². The van der Waals surface area contributed by atoms with Gasteiger partial charge < -0.3 is 10.3 Å². The van der Waals surface area contributed by atoms with Crippen LogP contribution >= 0.6 is 12.4 Å². The van der Waals surface area contributed by atoms with Gasteiger partial charge in [-0.25, -0.2) is 0 Å². The number of hydrogen-bond acceptors (Lipinski definition) is 2. The Hall–Kier alpha value is -1.32. The van der Waals surface area contributed by atoms with Crippen molar-refractivity contribution in [2.75, 3.05) is 13.1 Å². The van der Waals surface area contributed by atoms with Gasteiger partial charge in [-0.05, 0) is 43.7 Å². The van der Waals surface area contributed by atoms with Gasteiger partial charge in [0.2, 0.25) is 0 Å². The minimum absolute atomic E-state index is 0. The lowest BCUT2D eigenvalue weighted by Gasteiger charge is -2.26. The van der Waals surface area contributed by atoms with Crippen LogP contribution in [0, 0.1) is 5.41 Å². The molecule has 1 aromatic carbocycles. The first kappa shape index (κ1) is 16.1. The first-order chi connectivity index (χ1) is 9.75. The maximum absolute atomic E-state index is 13.0. The van der Waals surface area contributed by atoms with E-state index in [0.29, 0.717) is 5.78 Å². The number of benzene rings is 1. The molecule has 2 heterocycles. The largest absolute Gasteiger partial charge is 0.361 e. The zero-order valence-corrected chi connectivity index (χ0v) is 13.3. The van der Waals surface area contributed by atoms with E-state index in [1.807, 2.05) is 30.5 Å². The van der Waals surface area contributed by atoms with Crippen molar-refractivity contribution in [3.8, 4) is 0 Å². The summed E-state index contributed by atoms with van der Waals surface area (Å²) in [5.41, 5.74) is 1.77. The topological polar surface area (TPSA) is 44.9 Å². The zero-order chi connectivity index (χ0) is 14.0. The third-order valence-corrected chi connectivity index (χ3v) is 4.55. The number of aromatic nitrogens is 1. The SMILES string of the molecule is CCCCC1(C(=O)c2ccc3[nH]ccc3c2)CCNC1.Cl. The Bertz CT molecular complexity index is 614. The average Bonchev–Trinajstić information content (AvgIpc) is 3.13. The number of ketones is 1. The Morgan fingerprint density at radius 3 is 2.90 bits per heavy atom. The summed E-state index contributed by atoms with van der Waals surface area (Å²) in [6.07, 6.45) is 6.16. The number of Topliss-reactive ketones (excluding diaryl/α,β-unsaturated/α-hetero) is 1. The molecule has 21 heavy (non-hydrogen) atoms. The molecule has 1 unspecified atom stereocenters. The van der Waals surface area contributed by atoms with Crippen LogP contribution in [0.1, 0.15) is 43.0 Å². The third-order valence-electron chi connectivity index (χ3n) is 4.55. The average molecular weight is 307 g/mol. The minimum atomic E-state index is -0.181. The molecule has 4 heteroatoms. The van der Waals surface area contributed by atoms with Crippen LogP contribution in [0.2, 0.25) is 0 Å². The van der Waals surface area contributed by atoms with Gasteiger partial charge in [0.05, 0.1) is 0 Å². The van der Waals surface area contributed by atoms with E-state index in [0.717, 1.165) is 55.2 Å². The summed E-state index contributed by atoms with van der Waals surface area (Å²) < 4.78 is 0. The Morgan fingerprint density at radius 1 is 1.33 bits per heavy atom. The van der Waals surface area contributed by atoms with E-state index < -0.39 is 0 Å². The second-order valence-electron chi connectivity index (χ2n) is 5.92. The first-order valence-corrected chi connectivity index (χ1v) is 7.58. The maximum Gasteiger partial charge on any atom is 0.170 e. The summed E-state index contributed by atoms with van der Waals surface area (Å²) in [6.45, 7) is 3.98. The molecule has 3 nitrogen and oxygen atoms in total. The monoisotopic (exact) mass is 306 g/mol. The van der Waals surface area contributed by atoms with Crippen molar-refractivity contribution in [1.82, 2.24) is 10.3 Å². The smallest absolute Gasteiger partial charge is 0.170 e. The number of rotatable bonds is 5. The van der Waals surface area contributed by atoms with Crippen LogP contribution in [0.3, 0.4) is 0 Å². The lowest BCUT2D eigenvalue weighted by molar-refractivity contribution is 0.0799. The normalized spacial score (nSPS) is 21.4. The molecule has 1 fully saturated rings. The van der Waals surface area contributed by atoms with Crippen LogP contribution in [0.5, 0.6) is 0 Å². The Balaban J connectivity index is 0.00000161. The van der Waals surface area contributed by atoms with E-state index in [2.05, 4.69) is 17.2 Å². The molecule has 0 bridgehead atoms. The van der Waals surface area contributed by atoms with Crippen molar-refractivity contribution in [3.63, 3.8) is 0 Å². The highest BCUT2D eigenvalue weighted by Gasteiger charge is 2.40. The van der Waals surface area contributed by atoms with Gasteiger partial charge in [-0.2, -0.15) is 0 Å². The third kappa shape index (κ3) is 2.99. The van der Waals surface area contributed by atoms with Crippen LogP contribution in [0.4, 0.5) is 0 Å². The molecule has 3 rings (SSSR count). The van der Waals surface area contributed by atoms with Gasteiger partial charge in [0, 0.05) is 34.6 Å². The fraction of sp³-hybridized carbons (Fsp3) is 0.471. The van der Waals surface area contributed by atoms with Gasteiger partial charge in [0.25, 0.3) is 0 Å². The molecule has 1 aliphatic heterocycles. The summed E-state index contributed by atoms with van der Waals surface area (Å²) in [6, 6.07) is 8.03. The molecule has 1 aliphatic rings. The van der Waals surface area contributed by atoms with Gasteiger partial charge >= 0.3 is 0 Å². The van der Waals surface area contributed by atoms with E-state index in [1.54, 1.807) is 0 Å². The van der Waals surface area contributed by atoms with Crippen LogP contribution in [-0.4, -0.2) is 23.9 Å². The number of halogens is 1. The van der Waals surface area contributed by atoms with E-state index >= 15 is 0 Å². The van der Waals surface area contributed by atoms with E-state index in [-0.39, 0.29) is 17.8 Å². The number of carbonyl (C=O) groups is 1. The molecule has 1 aromatic heterocycles. The van der Waals surface area contributed by atoms with Gasteiger partial charge in [-0.1, -0.05) is 19.8 Å². The van der Waals surface area contributed by atoms with Gasteiger partial charge in [0.1, 0.15) is 0 Å². The van der Waals surface area contributed by atoms with Crippen molar-refractivity contribution in [1.29, 1.82) is 0 Å². The predicted octanol–water partition coefficient (Wildman–Crippen LogP) is 3.94. The number of H-pyrrole nitrogens is 1. The second kappa shape index (κ2) is 6.63. The molecule has 0 spiro atoms. The van der Waals surface area contributed by atoms with Crippen molar-refractivity contribution in [2.24, 2.45) is 5.41 Å². The molecule has 0 saturated carbocycles. The first-order valence-electron chi connectivity index (χ1n) is 7.58. The molecule has 2 N–H and O–H groups in total. The van der Waals surface area contributed by atoms with Crippen molar-refractivity contribution in [3.05, 3.63) is 36.0 Å². The van der Waals surface area contributed by atoms with Gasteiger partial charge in [-0.3, -0.25) is 4.79 Å². The van der Waals surface area contributed by atoms with Crippen LogP contribution in [0.25, 0.3) is 10.9 Å². The summed E-state index contributed by atoms with van der Waals surface area (Å²) in [4.78, 5) is 16.2. The molecular formula is C17H23ClN2O. The van der Waals surface area contributed by atoms with E-state index in [1.165, 1.54) is 0 Å². The van der Waals surface area contributed by atoms with Crippen LogP contribution in [-0.2, 0) is 0 Å². The summed E-state index contributed by atoms with van der Waals surface area (Å²) in [5, 5.41) is 4.50. The highest BCUT2D eigenvalue weighted by molar-refractivity contribution is 6.03. The highest BCUT2D eigenvalue weighted by Crippen LogP contribution is 2.36. The number of fused-ring (bicyclic) bond motifs is 1. The van der Waals surface area contributed by atoms with Crippen molar-refractivity contribution < 1.29 is 4.79 Å². The zero-order valence-electron chi connectivity index (χ0n) is 12.4. The lowest BCUT2D eigenvalue weighted by atomic mass is 9.75. The molecule has 0 aliphatic carbocycles. The Morgan fingerprint density at radius 2 is 2.19 bits per heavy atom. The standard InChI is InChI=1S/C17H22N2O.ClH/c1-2-3-7-17(8-10-18-12-17)16(20)14-4-5-15-13(11-14)6-9-19-15;/h4-6,9,11,18-19H,2-3,7-8,10,12H2,1H3;1H. The van der Waals surface area contributed by atoms with Crippen LogP contribution in [0.15, 0.2) is 30.5 Å². The predicted molar refractivity (Wildman–Crippen MR) is 89.3 cm³/mol. The van der Waals surface area contributed by atoms with Crippen molar-refractivity contribution in [2.45, 2.75) is 32.6 Å². The molecular weight excluding hydrogens is 284 g/mol. The van der Waals surface area contributed by atoms with Crippen molar-refractivity contribution >= 4 is 29.1 Å². The molecule has 1 atom stereocenters. The minimum Gasteiger partial charge on any atom is -0.361 e. The summed E-state index contributed by atoms with van der Waals surface area (Å²) >= 11 is 0. The summed E-state index contributed by atoms with van der Waals surface area (Å²) in [7, 11) is 0. The van der Waals surface area contributed by atoms with E-state index in [9.17, 15) is 4.79 Å². The molecule has 0 amide bonds. The Labute approximate surface area is 131 Å². The number of nitrogens with one attached hydrogen (secondary N) is 2. The number of aromatic amines is 1. The quantitative estimate of drug-likeness (QED) is 0.822. The molecule has 1 saturated heterocycles. The maximum atomic E-state index is 13.0.